The predicted molar refractivity (Wildman–Crippen MR) is 81.5 cm³/mol. The van der Waals surface area contributed by atoms with Gasteiger partial charge >= 0.3 is 0 Å². The van der Waals surface area contributed by atoms with Gasteiger partial charge < -0.3 is 10.1 Å². The zero-order chi connectivity index (χ0) is 13.9. The van der Waals surface area contributed by atoms with Gasteiger partial charge in [0, 0.05) is 10.2 Å². The van der Waals surface area contributed by atoms with Gasteiger partial charge in [0.2, 0.25) is 0 Å². The van der Waals surface area contributed by atoms with Crippen LogP contribution in [0.25, 0.3) is 11.2 Å². The first-order chi connectivity index (χ1) is 9.74. The fourth-order valence-corrected chi connectivity index (χ4v) is 2.98. The van der Waals surface area contributed by atoms with E-state index in [4.69, 9.17) is 0 Å². The van der Waals surface area contributed by atoms with E-state index in [9.17, 15) is 5.11 Å². The molecule has 2 heterocycles. The molecule has 2 aromatic heterocycles. The molecule has 0 fully saturated rings. The van der Waals surface area contributed by atoms with Gasteiger partial charge in [-0.1, -0.05) is 28.1 Å². The minimum Gasteiger partial charge on any atom is -0.388 e. The molecule has 2 N–H and O–H groups in total. The molecule has 7 heteroatoms. The number of rotatable bonds is 4. The van der Waals surface area contributed by atoms with Crippen LogP contribution in [0, 0.1) is 0 Å². The number of halogens is 1. The number of benzene rings is 1. The molecular formula is C13H11BrN4OS. The molecule has 5 nitrogen and oxygen atoms in total. The average molecular weight is 351 g/mol. The molecule has 1 aromatic carbocycles. The summed E-state index contributed by atoms with van der Waals surface area (Å²) >= 11 is 4.86. The van der Waals surface area contributed by atoms with Gasteiger partial charge in [-0.15, -0.1) is 11.8 Å². The Hall–Kier alpha value is -1.44. The summed E-state index contributed by atoms with van der Waals surface area (Å²) in [6.45, 7) is 0. The third kappa shape index (κ3) is 2.84. The Bertz CT molecular complexity index is 716. The molecule has 0 aliphatic rings. The maximum Gasteiger partial charge on any atom is 0.181 e. The molecule has 0 spiro atoms. The lowest BCUT2D eigenvalue weighted by Crippen LogP contribution is -2.01. The van der Waals surface area contributed by atoms with Crippen LogP contribution in [0.1, 0.15) is 11.7 Å². The highest BCUT2D eigenvalue weighted by Gasteiger charge is 2.11. The van der Waals surface area contributed by atoms with Gasteiger partial charge in [-0.25, -0.2) is 15.0 Å². The van der Waals surface area contributed by atoms with E-state index in [1.807, 2.05) is 24.3 Å². The summed E-state index contributed by atoms with van der Waals surface area (Å²) in [7, 11) is 0. The molecule has 0 aliphatic heterocycles. The van der Waals surface area contributed by atoms with E-state index in [-0.39, 0.29) is 0 Å². The van der Waals surface area contributed by atoms with Crippen LogP contribution >= 0.6 is 27.7 Å². The highest BCUT2D eigenvalue weighted by molar-refractivity contribution is 9.10. The van der Waals surface area contributed by atoms with Crippen molar-refractivity contribution in [3.63, 3.8) is 0 Å². The lowest BCUT2D eigenvalue weighted by Gasteiger charge is -2.10. The molecule has 3 aromatic rings. The molecule has 0 bridgehead atoms. The Morgan fingerprint density at radius 3 is 2.80 bits per heavy atom. The number of aromatic nitrogens is 4. The summed E-state index contributed by atoms with van der Waals surface area (Å²) in [5.74, 6) is 0.521. The SMILES string of the molecule is O[C@H](CSc1ncnc2nc[nH]c12)c1ccc(Br)cc1. The molecular weight excluding hydrogens is 340 g/mol. The lowest BCUT2D eigenvalue weighted by molar-refractivity contribution is 0.204. The zero-order valence-corrected chi connectivity index (χ0v) is 12.7. The van der Waals surface area contributed by atoms with Crippen LogP contribution in [0.3, 0.4) is 0 Å². The molecule has 3 rings (SSSR count). The number of aliphatic hydroxyl groups is 1. The number of imidazole rings is 1. The Balaban J connectivity index is 1.73. The van der Waals surface area contributed by atoms with E-state index in [2.05, 4.69) is 35.9 Å². The molecule has 0 saturated carbocycles. The molecule has 0 radical (unpaired) electrons. The van der Waals surface area contributed by atoms with E-state index in [0.717, 1.165) is 20.6 Å². The third-order valence-electron chi connectivity index (χ3n) is 2.82. The second kappa shape index (κ2) is 5.90. The standard InChI is InChI=1S/C13H11BrN4OS/c14-9-3-1-8(2-4-9)10(19)5-20-13-11-12(16-6-15-11)17-7-18-13/h1-4,6-7,10,19H,5H2,(H,15,16,17,18)/t10-/m1/s1. The molecule has 0 unspecified atom stereocenters. The predicted octanol–water partition coefficient (Wildman–Crippen LogP) is 2.94. The topological polar surface area (TPSA) is 74.7 Å². The van der Waals surface area contributed by atoms with E-state index >= 15 is 0 Å². The van der Waals surface area contributed by atoms with Crippen LogP contribution in [0.2, 0.25) is 0 Å². The van der Waals surface area contributed by atoms with Gasteiger partial charge in [0.1, 0.15) is 16.9 Å². The van der Waals surface area contributed by atoms with Crippen molar-refractivity contribution in [1.29, 1.82) is 0 Å². The molecule has 20 heavy (non-hydrogen) atoms. The molecule has 102 valence electrons. The average Bonchev–Trinajstić information content (AvgIpc) is 2.94. The summed E-state index contributed by atoms with van der Waals surface area (Å²) in [5.41, 5.74) is 2.33. The third-order valence-corrected chi connectivity index (χ3v) is 4.41. The van der Waals surface area contributed by atoms with Crippen molar-refractivity contribution in [2.24, 2.45) is 0 Å². The molecule has 1 atom stereocenters. The summed E-state index contributed by atoms with van der Waals surface area (Å²) in [5, 5.41) is 11.0. The summed E-state index contributed by atoms with van der Waals surface area (Å²) in [6.07, 6.45) is 2.53. The number of nitrogens with zero attached hydrogens (tertiary/aromatic N) is 3. The van der Waals surface area contributed by atoms with Crippen LogP contribution < -0.4 is 0 Å². The molecule has 0 aliphatic carbocycles. The van der Waals surface area contributed by atoms with Crippen molar-refractivity contribution >= 4 is 38.9 Å². The van der Waals surface area contributed by atoms with Crippen LogP contribution in [0.15, 0.2) is 46.4 Å². The molecule has 0 amide bonds. The van der Waals surface area contributed by atoms with Gasteiger partial charge in [0.15, 0.2) is 5.65 Å². The summed E-state index contributed by atoms with van der Waals surface area (Å²) in [4.78, 5) is 15.4. The Morgan fingerprint density at radius 1 is 1.20 bits per heavy atom. The van der Waals surface area contributed by atoms with Crippen molar-refractivity contribution in [1.82, 2.24) is 19.9 Å². The minimum atomic E-state index is -0.541. The number of hydrogen-bond acceptors (Lipinski definition) is 5. The number of nitrogens with one attached hydrogen (secondary N) is 1. The van der Waals surface area contributed by atoms with Gasteiger partial charge in [0.25, 0.3) is 0 Å². The van der Waals surface area contributed by atoms with Crippen LogP contribution in [-0.2, 0) is 0 Å². The monoisotopic (exact) mass is 350 g/mol. The first-order valence-electron chi connectivity index (χ1n) is 5.94. The van der Waals surface area contributed by atoms with Gasteiger partial charge in [-0.2, -0.15) is 0 Å². The number of aromatic amines is 1. The van der Waals surface area contributed by atoms with Crippen molar-refractivity contribution in [2.45, 2.75) is 11.1 Å². The second-order valence-corrected chi connectivity index (χ2v) is 6.08. The number of thioether (sulfide) groups is 1. The first kappa shape index (κ1) is 13.5. The van der Waals surface area contributed by atoms with Gasteiger partial charge in [-0.3, -0.25) is 0 Å². The second-order valence-electron chi connectivity index (χ2n) is 4.16. The summed E-state index contributed by atoms with van der Waals surface area (Å²) in [6, 6.07) is 7.64. The van der Waals surface area contributed by atoms with Crippen LogP contribution in [-0.4, -0.2) is 30.8 Å². The largest absolute Gasteiger partial charge is 0.388 e. The van der Waals surface area contributed by atoms with Crippen LogP contribution in [0.4, 0.5) is 0 Å². The fourth-order valence-electron chi connectivity index (χ4n) is 1.79. The van der Waals surface area contributed by atoms with E-state index in [0.29, 0.717) is 11.4 Å². The Morgan fingerprint density at radius 2 is 2.00 bits per heavy atom. The summed E-state index contributed by atoms with van der Waals surface area (Å²) < 4.78 is 0.996. The highest BCUT2D eigenvalue weighted by Crippen LogP contribution is 2.27. The number of H-pyrrole nitrogens is 1. The van der Waals surface area contributed by atoms with Crippen LogP contribution in [0.5, 0.6) is 0 Å². The maximum atomic E-state index is 10.2. The normalized spacial score (nSPS) is 12.7. The Kier molecular flexibility index (Phi) is 4.00. The molecule has 0 saturated heterocycles. The van der Waals surface area contributed by atoms with Crippen molar-refractivity contribution in [2.75, 3.05) is 5.75 Å². The maximum absolute atomic E-state index is 10.2. The number of fused-ring (bicyclic) bond motifs is 1. The van der Waals surface area contributed by atoms with Gasteiger partial charge in [0.05, 0.1) is 12.4 Å². The van der Waals surface area contributed by atoms with E-state index in [1.165, 1.54) is 18.1 Å². The first-order valence-corrected chi connectivity index (χ1v) is 7.72. The van der Waals surface area contributed by atoms with Crippen molar-refractivity contribution < 1.29 is 5.11 Å². The van der Waals surface area contributed by atoms with Crippen molar-refractivity contribution in [3.8, 4) is 0 Å². The zero-order valence-electron chi connectivity index (χ0n) is 10.3. The van der Waals surface area contributed by atoms with Crippen molar-refractivity contribution in [3.05, 3.63) is 47.0 Å². The quantitative estimate of drug-likeness (QED) is 0.558. The highest BCUT2D eigenvalue weighted by atomic mass is 79.9. The van der Waals surface area contributed by atoms with E-state index < -0.39 is 6.10 Å². The van der Waals surface area contributed by atoms with Gasteiger partial charge in [-0.05, 0) is 17.7 Å². The fraction of sp³-hybridized carbons (Fsp3) is 0.154. The number of hydrogen-bond donors (Lipinski definition) is 2. The minimum absolute atomic E-state index is 0.521. The lowest BCUT2D eigenvalue weighted by atomic mass is 10.1. The smallest absolute Gasteiger partial charge is 0.181 e. The number of aliphatic hydroxyl groups excluding tert-OH is 1. The Labute approximate surface area is 128 Å². The van der Waals surface area contributed by atoms with E-state index in [1.54, 1.807) is 6.33 Å².